The van der Waals surface area contributed by atoms with Crippen LogP contribution < -0.4 is 0 Å². The Labute approximate surface area is 83.7 Å². The van der Waals surface area contributed by atoms with Crippen LogP contribution in [0.1, 0.15) is 33.6 Å². The van der Waals surface area contributed by atoms with E-state index in [2.05, 4.69) is 4.52 Å². The minimum Gasteiger partial charge on any atom is -0.303 e. The average molecular weight is 224 g/mol. The molecule has 0 spiro atoms. The van der Waals surface area contributed by atoms with E-state index in [9.17, 15) is 9.36 Å². The third kappa shape index (κ3) is 5.50. The molecule has 0 aliphatic rings. The van der Waals surface area contributed by atoms with Gasteiger partial charge in [0.15, 0.2) is 0 Å². The maximum absolute atomic E-state index is 11.4. The summed E-state index contributed by atoms with van der Waals surface area (Å²) in [6.07, 6.45) is 0.730. The lowest BCUT2D eigenvalue weighted by Gasteiger charge is -2.20. The van der Waals surface area contributed by atoms with E-state index >= 15 is 0 Å². The third-order valence-corrected chi connectivity index (χ3v) is 2.75. The standard InChI is InChI=1S/C8H17O5P/c1-4-8(2,3)7(9)5-6-13-14(10,11)12/h4-6H2,1-3H3,(H2,10,11,12). The molecular formula is C8H17O5P. The van der Waals surface area contributed by atoms with Gasteiger partial charge in [0.2, 0.25) is 0 Å². The summed E-state index contributed by atoms with van der Waals surface area (Å²) in [5, 5.41) is 0. The summed E-state index contributed by atoms with van der Waals surface area (Å²) in [6.45, 7) is 5.26. The molecule has 0 bridgehead atoms. The molecule has 0 atom stereocenters. The largest absolute Gasteiger partial charge is 0.469 e. The highest BCUT2D eigenvalue weighted by atomic mass is 31.2. The monoisotopic (exact) mass is 224 g/mol. The molecule has 0 aliphatic heterocycles. The molecule has 0 aromatic carbocycles. The van der Waals surface area contributed by atoms with Crippen LogP contribution in [0.15, 0.2) is 0 Å². The molecule has 0 heterocycles. The highest BCUT2D eigenvalue weighted by molar-refractivity contribution is 7.46. The van der Waals surface area contributed by atoms with Gasteiger partial charge < -0.3 is 9.79 Å². The summed E-state index contributed by atoms with van der Waals surface area (Å²) in [6, 6.07) is 0. The SMILES string of the molecule is CCC(C)(C)C(=O)CCOP(=O)(O)O. The van der Waals surface area contributed by atoms with Gasteiger partial charge in [-0.15, -0.1) is 0 Å². The minimum atomic E-state index is -4.43. The van der Waals surface area contributed by atoms with E-state index in [4.69, 9.17) is 9.79 Å². The van der Waals surface area contributed by atoms with Crippen molar-refractivity contribution in [2.24, 2.45) is 5.41 Å². The zero-order chi connectivity index (χ0) is 11.4. The first-order valence-corrected chi connectivity index (χ1v) is 5.95. The van der Waals surface area contributed by atoms with E-state index in [1.54, 1.807) is 13.8 Å². The van der Waals surface area contributed by atoms with Gasteiger partial charge >= 0.3 is 7.82 Å². The number of phosphoric ester groups is 1. The van der Waals surface area contributed by atoms with Crippen molar-refractivity contribution >= 4 is 13.6 Å². The molecule has 0 rings (SSSR count). The fourth-order valence-electron chi connectivity index (χ4n) is 0.793. The molecule has 0 aliphatic carbocycles. The molecule has 2 N–H and O–H groups in total. The van der Waals surface area contributed by atoms with Crippen LogP contribution in [0, 0.1) is 5.41 Å². The molecule has 6 heteroatoms. The van der Waals surface area contributed by atoms with E-state index in [-0.39, 0.29) is 18.8 Å². The summed E-state index contributed by atoms with van der Waals surface area (Å²) >= 11 is 0. The fourth-order valence-corrected chi connectivity index (χ4v) is 1.12. The van der Waals surface area contributed by atoms with Gasteiger partial charge in [0.05, 0.1) is 6.61 Å². The zero-order valence-corrected chi connectivity index (χ0v) is 9.58. The lowest BCUT2D eigenvalue weighted by molar-refractivity contribution is -0.127. The van der Waals surface area contributed by atoms with Gasteiger partial charge in [-0.25, -0.2) is 4.57 Å². The highest BCUT2D eigenvalue weighted by Gasteiger charge is 2.25. The second-order valence-corrected chi connectivity index (χ2v) is 4.97. The first kappa shape index (κ1) is 13.8. The number of ketones is 1. The van der Waals surface area contributed by atoms with Crippen LogP contribution in [-0.4, -0.2) is 22.2 Å². The van der Waals surface area contributed by atoms with E-state index in [1.165, 1.54) is 0 Å². The summed E-state index contributed by atoms with van der Waals surface area (Å²) in [4.78, 5) is 28.2. The Morgan fingerprint density at radius 1 is 1.43 bits per heavy atom. The van der Waals surface area contributed by atoms with Crippen molar-refractivity contribution in [3.63, 3.8) is 0 Å². The first-order chi connectivity index (χ1) is 6.19. The molecule has 0 aromatic heterocycles. The van der Waals surface area contributed by atoms with Crippen LogP contribution in [0.4, 0.5) is 0 Å². The second kappa shape index (κ2) is 5.03. The second-order valence-electron chi connectivity index (χ2n) is 3.73. The molecule has 0 saturated heterocycles. The van der Waals surface area contributed by atoms with Gasteiger partial charge in [-0.05, 0) is 6.42 Å². The molecule has 0 aromatic rings. The number of Topliss-reactive ketones (excluding diaryl/α,β-unsaturated/α-hetero) is 1. The number of hydrogen-bond acceptors (Lipinski definition) is 3. The zero-order valence-electron chi connectivity index (χ0n) is 8.69. The van der Waals surface area contributed by atoms with Crippen molar-refractivity contribution in [1.29, 1.82) is 0 Å². The maximum atomic E-state index is 11.4. The molecule has 14 heavy (non-hydrogen) atoms. The summed E-state index contributed by atoms with van der Waals surface area (Å²) in [5.41, 5.74) is -0.446. The smallest absolute Gasteiger partial charge is 0.303 e. The molecule has 0 fully saturated rings. The van der Waals surface area contributed by atoms with Crippen LogP contribution in [0.5, 0.6) is 0 Å². The van der Waals surface area contributed by atoms with Crippen molar-refractivity contribution in [2.75, 3.05) is 6.61 Å². The normalized spacial score (nSPS) is 12.9. The number of phosphoric acid groups is 1. The highest BCUT2D eigenvalue weighted by Crippen LogP contribution is 2.36. The number of hydrogen-bond donors (Lipinski definition) is 2. The average Bonchev–Trinajstić information content (AvgIpc) is 2.02. The van der Waals surface area contributed by atoms with Crippen molar-refractivity contribution in [3.8, 4) is 0 Å². The van der Waals surface area contributed by atoms with Crippen LogP contribution in [-0.2, 0) is 13.9 Å². The van der Waals surface area contributed by atoms with Gasteiger partial charge in [0.1, 0.15) is 5.78 Å². The molecule has 0 unspecified atom stereocenters. The Morgan fingerprint density at radius 3 is 2.29 bits per heavy atom. The number of carbonyl (C=O) groups excluding carboxylic acids is 1. The first-order valence-electron chi connectivity index (χ1n) is 4.42. The van der Waals surface area contributed by atoms with Gasteiger partial charge in [0.25, 0.3) is 0 Å². The van der Waals surface area contributed by atoms with E-state index in [0.717, 1.165) is 0 Å². The Bertz CT molecular complexity index is 242. The van der Waals surface area contributed by atoms with E-state index in [0.29, 0.717) is 6.42 Å². The quantitative estimate of drug-likeness (QED) is 0.668. The molecule has 5 nitrogen and oxygen atoms in total. The lowest BCUT2D eigenvalue weighted by atomic mass is 9.84. The van der Waals surface area contributed by atoms with Gasteiger partial charge in [-0.3, -0.25) is 9.32 Å². The fraction of sp³-hybridized carbons (Fsp3) is 0.875. The maximum Gasteiger partial charge on any atom is 0.469 e. The third-order valence-electron chi connectivity index (χ3n) is 2.23. The Balaban J connectivity index is 3.93. The van der Waals surface area contributed by atoms with E-state index < -0.39 is 13.2 Å². The van der Waals surface area contributed by atoms with Crippen molar-refractivity contribution in [3.05, 3.63) is 0 Å². The number of rotatable bonds is 6. The molecule has 0 radical (unpaired) electrons. The Hall–Kier alpha value is -0.220. The molecular weight excluding hydrogens is 207 g/mol. The summed E-state index contributed by atoms with van der Waals surface area (Å²) < 4.78 is 14.5. The van der Waals surface area contributed by atoms with Crippen molar-refractivity contribution in [1.82, 2.24) is 0 Å². The molecule has 0 saturated carbocycles. The van der Waals surface area contributed by atoms with E-state index in [1.807, 2.05) is 6.92 Å². The predicted molar refractivity (Wildman–Crippen MR) is 51.7 cm³/mol. The predicted octanol–water partition coefficient (Wildman–Crippen LogP) is 1.49. The Morgan fingerprint density at radius 2 is 1.93 bits per heavy atom. The topological polar surface area (TPSA) is 83.8 Å². The van der Waals surface area contributed by atoms with Crippen LogP contribution in [0.2, 0.25) is 0 Å². The van der Waals surface area contributed by atoms with Gasteiger partial charge in [-0.1, -0.05) is 20.8 Å². The number of carbonyl (C=O) groups is 1. The van der Waals surface area contributed by atoms with Gasteiger partial charge in [-0.2, -0.15) is 0 Å². The van der Waals surface area contributed by atoms with Crippen LogP contribution in [0.25, 0.3) is 0 Å². The molecule has 0 amide bonds. The Kier molecular flexibility index (Phi) is 4.95. The lowest BCUT2D eigenvalue weighted by Crippen LogP contribution is -2.24. The van der Waals surface area contributed by atoms with Crippen molar-refractivity contribution in [2.45, 2.75) is 33.6 Å². The minimum absolute atomic E-state index is 0.0337. The van der Waals surface area contributed by atoms with Crippen LogP contribution >= 0.6 is 7.82 Å². The van der Waals surface area contributed by atoms with Crippen molar-refractivity contribution < 1.29 is 23.7 Å². The summed E-state index contributed by atoms with van der Waals surface area (Å²) in [7, 11) is -4.43. The van der Waals surface area contributed by atoms with Gasteiger partial charge in [0, 0.05) is 11.8 Å². The molecule has 84 valence electrons. The summed E-state index contributed by atoms with van der Waals surface area (Å²) in [5.74, 6) is -0.0477. The van der Waals surface area contributed by atoms with Crippen LogP contribution in [0.3, 0.4) is 0 Å².